The van der Waals surface area contributed by atoms with Crippen molar-refractivity contribution in [3.63, 3.8) is 0 Å². The summed E-state index contributed by atoms with van der Waals surface area (Å²) in [6.07, 6.45) is 0. The topological polar surface area (TPSA) is 33.0 Å². The van der Waals surface area contributed by atoms with E-state index in [0.717, 1.165) is 22.1 Å². The van der Waals surface area contributed by atoms with E-state index in [1.807, 2.05) is 43.3 Å². The molecular formula is C14H13NO. The Labute approximate surface area is 95.1 Å². The third-order valence-electron chi connectivity index (χ3n) is 2.78. The van der Waals surface area contributed by atoms with Crippen LogP contribution in [0.3, 0.4) is 0 Å². The lowest BCUT2D eigenvalue weighted by molar-refractivity contribution is 0.415. The van der Waals surface area contributed by atoms with E-state index in [0.29, 0.717) is 0 Å². The van der Waals surface area contributed by atoms with Crippen molar-refractivity contribution in [3.8, 4) is 11.8 Å². The molecule has 1 atom stereocenters. The molecule has 2 aromatic carbocycles. The van der Waals surface area contributed by atoms with Gasteiger partial charge in [-0.15, -0.1) is 0 Å². The van der Waals surface area contributed by atoms with Crippen molar-refractivity contribution in [1.29, 1.82) is 5.26 Å². The Morgan fingerprint density at radius 1 is 1.25 bits per heavy atom. The Bertz CT molecular complexity index is 554. The van der Waals surface area contributed by atoms with Crippen LogP contribution in [0.4, 0.5) is 0 Å². The summed E-state index contributed by atoms with van der Waals surface area (Å²) < 4.78 is 5.18. The molecule has 0 aliphatic heterocycles. The Hall–Kier alpha value is -2.01. The lowest BCUT2D eigenvalue weighted by atomic mass is 9.96. The van der Waals surface area contributed by atoms with E-state index in [2.05, 4.69) is 6.07 Å². The Kier molecular flexibility index (Phi) is 2.78. The summed E-state index contributed by atoms with van der Waals surface area (Å²) in [4.78, 5) is 0. The molecule has 0 aliphatic rings. The molecule has 0 spiro atoms. The minimum absolute atomic E-state index is 0.0860. The van der Waals surface area contributed by atoms with E-state index in [4.69, 9.17) is 10.00 Å². The first-order chi connectivity index (χ1) is 7.76. The van der Waals surface area contributed by atoms with Crippen LogP contribution in [0.2, 0.25) is 0 Å². The molecule has 0 saturated heterocycles. The average Bonchev–Trinajstić information content (AvgIpc) is 2.36. The van der Waals surface area contributed by atoms with E-state index in [1.54, 1.807) is 7.11 Å². The van der Waals surface area contributed by atoms with Gasteiger partial charge >= 0.3 is 0 Å². The molecule has 0 amide bonds. The van der Waals surface area contributed by atoms with Gasteiger partial charge in [-0.3, -0.25) is 0 Å². The van der Waals surface area contributed by atoms with Gasteiger partial charge in [0.2, 0.25) is 0 Å². The zero-order valence-electron chi connectivity index (χ0n) is 9.40. The molecule has 0 saturated carbocycles. The molecule has 0 heterocycles. The fourth-order valence-electron chi connectivity index (χ4n) is 1.86. The van der Waals surface area contributed by atoms with Crippen LogP contribution in [0, 0.1) is 11.3 Å². The number of hydrogen-bond donors (Lipinski definition) is 0. The van der Waals surface area contributed by atoms with Crippen LogP contribution in [0.25, 0.3) is 10.8 Å². The number of methoxy groups -OCH3 is 1. The van der Waals surface area contributed by atoms with Crippen molar-refractivity contribution in [3.05, 3.63) is 42.0 Å². The van der Waals surface area contributed by atoms with Crippen LogP contribution in [0.15, 0.2) is 36.4 Å². The molecule has 1 unspecified atom stereocenters. The third kappa shape index (κ3) is 1.72. The van der Waals surface area contributed by atoms with Gasteiger partial charge in [0, 0.05) is 0 Å². The van der Waals surface area contributed by atoms with E-state index in [1.165, 1.54) is 0 Å². The van der Waals surface area contributed by atoms with Gasteiger partial charge < -0.3 is 4.74 Å². The van der Waals surface area contributed by atoms with Gasteiger partial charge in [0.05, 0.1) is 19.1 Å². The van der Waals surface area contributed by atoms with Crippen molar-refractivity contribution in [1.82, 2.24) is 0 Å². The number of fused-ring (bicyclic) bond motifs is 1. The van der Waals surface area contributed by atoms with Crippen LogP contribution in [0.5, 0.6) is 5.75 Å². The summed E-state index contributed by atoms with van der Waals surface area (Å²) in [6, 6.07) is 14.2. The van der Waals surface area contributed by atoms with Gasteiger partial charge in [-0.1, -0.05) is 24.3 Å². The van der Waals surface area contributed by atoms with Crippen molar-refractivity contribution in [2.45, 2.75) is 12.8 Å². The highest BCUT2D eigenvalue weighted by atomic mass is 16.5. The highest BCUT2D eigenvalue weighted by molar-refractivity contribution is 5.87. The maximum Gasteiger partial charge on any atom is 0.119 e. The van der Waals surface area contributed by atoms with Crippen LogP contribution < -0.4 is 4.74 Å². The van der Waals surface area contributed by atoms with E-state index in [-0.39, 0.29) is 5.92 Å². The maximum atomic E-state index is 8.97. The summed E-state index contributed by atoms with van der Waals surface area (Å²) in [5.74, 6) is 0.756. The van der Waals surface area contributed by atoms with E-state index < -0.39 is 0 Å². The van der Waals surface area contributed by atoms with Crippen molar-refractivity contribution in [2.75, 3.05) is 7.11 Å². The number of nitrogens with zero attached hydrogens (tertiary/aromatic N) is 1. The van der Waals surface area contributed by atoms with Gasteiger partial charge in [-0.25, -0.2) is 0 Å². The minimum atomic E-state index is -0.0860. The highest BCUT2D eigenvalue weighted by Crippen LogP contribution is 2.27. The first-order valence-electron chi connectivity index (χ1n) is 5.22. The molecule has 0 aliphatic carbocycles. The zero-order chi connectivity index (χ0) is 11.5. The highest BCUT2D eigenvalue weighted by Gasteiger charge is 2.08. The molecule has 2 aromatic rings. The van der Waals surface area contributed by atoms with Crippen LogP contribution in [-0.4, -0.2) is 7.11 Å². The van der Waals surface area contributed by atoms with Crippen LogP contribution in [0.1, 0.15) is 18.4 Å². The SMILES string of the molecule is COc1ccc2c(C(C)C#N)cccc2c1. The quantitative estimate of drug-likeness (QED) is 0.761. The van der Waals surface area contributed by atoms with Crippen molar-refractivity contribution >= 4 is 10.8 Å². The summed E-state index contributed by atoms with van der Waals surface area (Å²) in [5, 5.41) is 11.2. The summed E-state index contributed by atoms with van der Waals surface area (Å²) in [7, 11) is 1.66. The molecule has 2 nitrogen and oxygen atoms in total. The predicted octanol–water partition coefficient (Wildman–Crippen LogP) is 3.48. The molecule has 2 heteroatoms. The number of ether oxygens (including phenoxy) is 1. The molecule has 0 N–H and O–H groups in total. The first kappa shape index (κ1) is 10.5. The Morgan fingerprint density at radius 2 is 2.06 bits per heavy atom. The number of hydrogen-bond acceptors (Lipinski definition) is 2. The number of nitriles is 1. The molecule has 2 rings (SSSR count). The van der Waals surface area contributed by atoms with E-state index >= 15 is 0 Å². The summed E-state index contributed by atoms with van der Waals surface area (Å²) in [5.41, 5.74) is 1.07. The monoisotopic (exact) mass is 211 g/mol. The second-order valence-corrected chi connectivity index (χ2v) is 3.79. The van der Waals surface area contributed by atoms with Gasteiger partial charge in [0.15, 0.2) is 0 Å². The molecular weight excluding hydrogens is 198 g/mol. The summed E-state index contributed by atoms with van der Waals surface area (Å²) >= 11 is 0. The first-order valence-corrected chi connectivity index (χ1v) is 5.22. The molecule has 16 heavy (non-hydrogen) atoms. The van der Waals surface area contributed by atoms with Gasteiger partial charge in [-0.2, -0.15) is 5.26 Å². The fourth-order valence-corrected chi connectivity index (χ4v) is 1.86. The maximum absolute atomic E-state index is 8.97. The third-order valence-corrected chi connectivity index (χ3v) is 2.78. The van der Waals surface area contributed by atoms with Crippen molar-refractivity contribution in [2.24, 2.45) is 0 Å². The van der Waals surface area contributed by atoms with Gasteiger partial charge in [0.25, 0.3) is 0 Å². The standard InChI is InChI=1S/C14H13NO/c1-10(9-15)13-5-3-4-11-8-12(16-2)6-7-14(11)13/h3-8,10H,1-2H3. The molecule has 80 valence electrons. The van der Waals surface area contributed by atoms with Crippen LogP contribution >= 0.6 is 0 Å². The Balaban J connectivity index is 2.66. The molecule has 0 fully saturated rings. The predicted molar refractivity (Wildman–Crippen MR) is 64.5 cm³/mol. The summed E-state index contributed by atoms with van der Waals surface area (Å²) in [6.45, 7) is 1.92. The lowest BCUT2D eigenvalue weighted by Crippen LogP contribution is -1.91. The second-order valence-electron chi connectivity index (χ2n) is 3.79. The van der Waals surface area contributed by atoms with E-state index in [9.17, 15) is 0 Å². The molecule has 0 radical (unpaired) electrons. The largest absolute Gasteiger partial charge is 0.497 e. The zero-order valence-corrected chi connectivity index (χ0v) is 9.40. The number of benzene rings is 2. The molecule has 0 aromatic heterocycles. The second kappa shape index (κ2) is 4.24. The minimum Gasteiger partial charge on any atom is -0.497 e. The fraction of sp³-hybridized carbons (Fsp3) is 0.214. The normalized spacial score (nSPS) is 12.1. The number of rotatable bonds is 2. The van der Waals surface area contributed by atoms with Gasteiger partial charge in [-0.05, 0) is 35.4 Å². The smallest absolute Gasteiger partial charge is 0.119 e. The lowest BCUT2D eigenvalue weighted by Gasteiger charge is -2.09. The van der Waals surface area contributed by atoms with Gasteiger partial charge in [0.1, 0.15) is 5.75 Å². The molecule has 0 bridgehead atoms. The van der Waals surface area contributed by atoms with Crippen LogP contribution in [-0.2, 0) is 0 Å². The Morgan fingerprint density at radius 3 is 2.75 bits per heavy atom. The average molecular weight is 211 g/mol. The van der Waals surface area contributed by atoms with Crippen molar-refractivity contribution < 1.29 is 4.74 Å².